The summed E-state index contributed by atoms with van der Waals surface area (Å²) in [5.41, 5.74) is 1.27. The fourth-order valence-electron chi connectivity index (χ4n) is 2.56. The molecule has 1 N–H and O–H groups in total. The van der Waals surface area contributed by atoms with Gasteiger partial charge in [-0.15, -0.1) is 0 Å². The van der Waals surface area contributed by atoms with Crippen molar-refractivity contribution in [3.63, 3.8) is 0 Å². The molecular formula is C16H14N4O4. The molecule has 1 amide bonds. The molecule has 3 rings (SSSR count). The van der Waals surface area contributed by atoms with Crippen LogP contribution in [0.25, 0.3) is 11.0 Å². The zero-order chi connectivity index (χ0) is 17.3. The zero-order valence-electron chi connectivity index (χ0n) is 12.8. The van der Waals surface area contributed by atoms with E-state index in [9.17, 15) is 19.7 Å². The molecule has 0 unspecified atom stereocenters. The summed E-state index contributed by atoms with van der Waals surface area (Å²) in [6.07, 6.45) is 0. The summed E-state index contributed by atoms with van der Waals surface area (Å²) in [4.78, 5) is 34.7. The number of imidazole rings is 1. The van der Waals surface area contributed by atoms with E-state index in [1.807, 2.05) is 6.07 Å². The van der Waals surface area contributed by atoms with Crippen LogP contribution in [-0.4, -0.2) is 20.0 Å². The highest BCUT2D eigenvalue weighted by Gasteiger charge is 2.14. The number of hydrogen-bond acceptors (Lipinski definition) is 4. The first-order valence-electron chi connectivity index (χ1n) is 7.16. The number of carbonyl (C=O) groups is 1. The van der Waals surface area contributed by atoms with Gasteiger partial charge < -0.3 is 5.32 Å². The highest BCUT2D eigenvalue weighted by Crippen LogP contribution is 2.17. The maximum absolute atomic E-state index is 12.3. The van der Waals surface area contributed by atoms with Gasteiger partial charge in [0.15, 0.2) is 0 Å². The number of nitrogens with zero attached hydrogens (tertiary/aromatic N) is 3. The molecule has 1 aromatic heterocycles. The highest BCUT2D eigenvalue weighted by atomic mass is 16.6. The molecule has 0 aliphatic heterocycles. The Morgan fingerprint density at radius 3 is 2.58 bits per heavy atom. The van der Waals surface area contributed by atoms with Crippen molar-refractivity contribution in [2.75, 3.05) is 5.32 Å². The molecule has 0 saturated carbocycles. The summed E-state index contributed by atoms with van der Waals surface area (Å²) in [5.74, 6) is -0.436. The van der Waals surface area contributed by atoms with Crippen LogP contribution < -0.4 is 11.0 Å². The predicted octanol–water partition coefficient (Wildman–Crippen LogP) is 1.89. The second-order valence-corrected chi connectivity index (χ2v) is 5.27. The van der Waals surface area contributed by atoms with Gasteiger partial charge in [0.05, 0.1) is 16.0 Å². The molecule has 8 nitrogen and oxygen atoms in total. The standard InChI is InChI=1S/C16H14N4O4/c1-18-13-7-2-3-8-14(13)19(16(18)22)10-15(21)17-11-5-4-6-12(9-11)20(23)24/h2-9H,10H2,1H3,(H,17,21). The number of nitro groups is 1. The van der Waals surface area contributed by atoms with Gasteiger partial charge >= 0.3 is 5.69 Å². The number of aromatic nitrogens is 2. The number of non-ortho nitro benzene ring substituents is 1. The van der Waals surface area contributed by atoms with Crippen LogP contribution in [-0.2, 0) is 18.4 Å². The van der Waals surface area contributed by atoms with Crippen molar-refractivity contribution in [2.24, 2.45) is 7.05 Å². The molecule has 0 bridgehead atoms. The number of aryl methyl sites for hydroxylation is 1. The van der Waals surface area contributed by atoms with Crippen molar-refractivity contribution >= 4 is 28.3 Å². The van der Waals surface area contributed by atoms with E-state index in [0.717, 1.165) is 5.52 Å². The lowest BCUT2D eigenvalue weighted by atomic mass is 10.3. The summed E-state index contributed by atoms with van der Waals surface area (Å²) in [7, 11) is 1.64. The molecule has 1 heterocycles. The van der Waals surface area contributed by atoms with E-state index in [1.165, 1.54) is 27.3 Å². The Balaban J connectivity index is 1.86. The third-order valence-electron chi connectivity index (χ3n) is 3.69. The van der Waals surface area contributed by atoms with Gasteiger partial charge in [-0.05, 0) is 18.2 Å². The van der Waals surface area contributed by atoms with Crippen LogP contribution in [0.15, 0.2) is 53.3 Å². The number of anilines is 1. The molecule has 2 aromatic carbocycles. The lowest BCUT2D eigenvalue weighted by Gasteiger charge is -2.06. The topological polar surface area (TPSA) is 99.2 Å². The van der Waals surface area contributed by atoms with E-state index in [1.54, 1.807) is 31.3 Å². The SMILES string of the molecule is Cn1c(=O)n(CC(=O)Nc2cccc([N+](=O)[O-])c2)c2ccccc21. The predicted molar refractivity (Wildman–Crippen MR) is 88.9 cm³/mol. The number of carbonyl (C=O) groups excluding carboxylic acids is 1. The van der Waals surface area contributed by atoms with Gasteiger partial charge in [-0.2, -0.15) is 0 Å². The molecule has 3 aromatic rings. The van der Waals surface area contributed by atoms with Gasteiger partial charge in [0.2, 0.25) is 5.91 Å². The Morgan fingerprint density at radius 2 is 1.88 bits per heavy atom. The Labute approximate surface area is 136 Å². The monoisotopic (exact) mass is 326 g/mol. The van der Waals surface area contributed by atoms with Gasteiger partial charge in [0.1, 0.15) is 6.54 Å². The Morgan fingerprint density at radius 1 is 1.17 bits per heavy atom. The Bertz CT molecular complexity index is 1000. The lowest BCUT2D eigenvalue weighted by Crippen LogP contribution is -2.28. The van der Waals surface area contributed by atoms with E-state index in [2.05, 4.69) is 5.32 Å². The average Bonchev–Trinajstić information content (AvgIpc) is 2.80. The molecule has 8 heteroatoms. The van der Waals surface area contributed by atoms with Crippen LogP contribution >= 0.6 is 0 Å². The molecule has 122 valence electrons. The number of para-hydroxylation sites is 2. The maximum Gasteiger partial charge on any atom is 0.329 e. The molecule has 0 fully saturated rings. The van der Waals surface area contributed by atoms with Gasteiger partial charge in [0.25, 0.3) is 5.69 Å². The first kappa shape index (κ1) is 15.5. The van der Waals surface area contributed by atoms with Crippen LogP contribution in [0.3, 0.4) is 0 Å². The van der Waals surface area contributed by atoms with Crippen LogP contribution in [0.1, 0.15) is 0 Å². The van der Waals surface area contributed by atoms with Gasteiger partial charge in [-0.1, -0.05) is 18.2 Å². The number of hydrogen-bond donors (Lipinski definition) is 1. The third kappa shape index (κ3) is 2.76. The molecule has 0 spiro atoms. The smallest absolute Gasteiger partial charge is 0.324 e. The Hall–Kier alpha value is -3.42. The van der Waals surface area contributed by atoms with E-state index in [-0.39, 0.29) is 17.9 Å². The molecular weight excluding hydrogens is 312 g/mol. The molecule has 0 saturated heterocycles. The van der Waals surface area contributed by atoms with Crippen molar-refractivity contribution in [3.05, 3.63) is 69.1 Å². The lowest BCUT2D eigenvalue weighted by molar-refractivity contribution is -0.384. The maximum atomic E-state index is 12.3. The summed E-state index contributed by atoms with van der Waals surface area (Å²) in [5, 5.41) is 13.3. The summed E-state index contributed by atoms with van der Waals surface area (Å²) in [6, 6.07) is 12.8. The minimum atomic E-state index is -0.537. The summed E-state index contributed by atoms with van der Waals surface area (Å²) < 4.78 is 2.83. The van der Waals surface area contributed by atoms with Gasteiger partial charge in [-0.25, -0.2) is 4.79 Å². The molecule has 0 aliphatic carbocycles. The van der Waals surface area contributed by atoms with Crippen LogP contribution in [0.5, 0.6) is 0 Å². The second kappa shape index (κ2) is 5.99. The summed E-state index contributed by atoms with van der Waals surface area (Å²) in [6.45, 7) is -0.178. The van der Waals surface area contributed by atoms with Gasteiger partial charge in [0, 0.05) is 24.9 Å². The number of fused-ring (bicyclic) bond motifs is 1. The van der Waals surface area contributed by atoms with E-state index in [0.29, 0.717) is 11.2 Å². The largest absolute Gasteiger partial charge is 0.329 e. The normalized spacial score (nSPS) is 10.7. The molecule has 0 aliphatic rings. The van der Waals surface area contributed by atoms with Crippen molar-refractivity contribution in [1.29, 1.82) is 0 Å². The minimum absolute atomic E-state index is 0.116. The zero-order valence-corrected chi connectivity index (χ0v) is 12.8. The quantitative estimate of drug-likeness (QED) is 0.584. The number of amides is 1. The van der Waals surface area contributed by atoms with Gasteiger partial charge in [-0.3, -0.25) is 24.0 Å². The minimum Gasteiger partial charge on any atom is -0.324 e. The first-order chi connectivity index (χ1) is 11.5. The van der Waals surface area contributed by atoms with E-state index < -0.39 is 10.8 Å². The average molecular weight is 326 g/mol. The van der Waals surface area contributed by atoms with Crippen LogP contribution in [0, 0.1) is 10.1 Å². The third-order valence-corrected chi connectivity index (χ3v) is 3.69. The van der Waals surface area contributed by atoms with Crippen LogP contribution in [0.4, 0.5) is 11.4 Å². The molecule has 0 radical (unpaired) electrons. The van der Waals surface area contributed by atoms with Crippen molar-refractivity contribution in [1.82, 2.24) is 9.13 Å². The number of benzene rings is 2. The van der Waals surface area contributed by atoms with Crippen molar-refractivity contribution in [3.8, 4) is 0 Å². The fraction of sp³-hybridized carbons (Fsp3) is 0.125. The Kier molecular flexibility index (Phi) is 3.87. The van der Waals surface area contributed by atoms with Crippen molar-refractivity contribution < 1.29 is 9.72 Å². The first-order valence-corrected chi connectivity index (χ1v) is 7.16. The number of nitrogens with one attached hydrogen (secondary N) is 1. The molecule has 24 heavy (non-hydrogen) atoms. The fourth-order valence-corrected chi connectivity index (χ4v) is 2.56. The number of nitro benzene ring substituents is 1. The number of rotatable bonds is 4. The van der Waals surface area contributed by atoms with Crippen LogP contribution in [0.2, 0.25) is 0 Å². The highest BCUT2D eigenvalue weighted by molar-refractivity contribution is 5.92. The van der Waals surface area contributed by atoms with E-state index >= 15 is 0 Å². The second-order valence-electron chi connectivity index (χ2n) is 5.27. The molecule has 0 atom stereocenters. The summed E-state index contributed by atoms with van der Waals surface area (Å²) >= 11 is 0. The van der Waals surface area contributed by atoms with E-state index in [4.69, 9.17) is 0 Å². The van der Waals surface area contributed by atoms with Crippen molar-refractivity contribution in [2.45, 2.75) is 6.54 Å².